The minimum Gasteiger partial charge on any atom is -0.496 e. The van der Waals surface area contributed by atoms with E-state index in [0.29, 0.717) is 0 Å². The number of ether oxygens (including phenoxy) is 1. The highest BCUT2D eigenvalue weighted by Crippen LogP contribution is 2.25. The smallest absolute Gasteiger partial charge is 0.122 e. The number of anilines is 1. The zero-order chi connectivity index (χ0) is 13.1. The quantitative estimate of drug-likeness (QED) is 0.835. The third kappa shape index (κ3) is 2.48. The Kier molecular flexibility index (Phi) is 3.56. The van der Waals surface area contributed by atoms with E-state index in [4.69, 9.17) is 10.5 Å². The van der Waals surface area contributed by atoms with Gasteiger partial charge in [0, 0.05) is 5.69 Å². The summed E-state index contributed by atoms with van der Waals surface area (Å²) >= 11 is 0. The molecule has 0 spiro atoms. The highest BCUT2D eigenvalue weighted by atomic mass is 16.5. The first-order chi connectivity index (χ1) is 8.61. The molecule has 0 amide bonds. The molecule has 0 bridgehead atoms. The lowest BCUT2D eigenvalue weighted by Crippen LogP contribution is -1.97. The van der Waals surface area contributed by atoms with Gasteiger partial charge >= 0.3 is 0 Å². The summed E-state index contributed by atoms with van der Waals surface area (Å²) in [6.45, 7) is 4.23. The zero-order valence-electron chi connectivity index (χ0n) is 11.2. The monoisotopic (exact) mass is 241 g/mol. The van der Waals surface area contributed by atoms with Crippen LogP contribution in [-0.2, 0) is 6.42 Å². The van der Waals surface area contributed by atoms with E-state index < -0.39 is 0 Å². The molecule has 94 valence electrons. The topological polar surface area (TPSA) is 35.2 Å². The van der Waals surface area contributed by atoms with Gasteiger partial charge in [0.05, 0.1) is 7.11 Å². The SMILES string of the molecule is COc1ccc(Cc2cccc(N)c2)c(C)c1C. The van der Waals surface area contributed by atoms with Gasteiger partial charge in [0.15, 0.2) is 0 Å². The van der Waals surface area contributed by atoms with Crippen LogP contribution in [0.3, 0.4) is 0 Å². The van der Waals surface area contributed by atoms with E-state index in [2.05, 4.69) is 26.0 Å². The maximum atomic E-state index is 5.81. The summed E-state index contributed by atoms with van der Waals surface area (Å²) in [5.41, 5.74) is 11.7. The first-order valence-electron chi connectivity index (χ1n) is 6.09. The van der Waals surface area contributed by atoms with Gasteiger partial charge in [-0.15, -0.1) is 0 Å². The number of benzene rings is 2. The lowest BCUT2D eigenvalue weighted by Gasteiger charge is -2.12. The molecule has 2 nitrogen and oxygen atoms in total. The summed E-state index contributed by atoms with van der Waals surface area (Å²) in [7, 11) is 1.71. The van der Waals surface area contributed by atoms with Crippen LogP contribution in [0.2, 0.25) is 0 Å². The molecule has 0 atom stereocenters. The van der Waals surface area contributed by atoms with Crippen molar-refractivity contribution in [3.05, 3.63) is 58.7 Å². The third-order valence-electron chi connectivity index (χ3n) is 3.42. The van der Waals surface area contributed by atoms with Gasteiger partial charge in [-0.3, -0.25) is 0 Å². The van der Waals surface area contributed by atoms with E-state index in [-0.39, 0.29) is 0 Å². The number of rotatable bonds is 3. The molecule has 0 radical (unpaired) electrons. The molecule has 0 aliphatic carbocycles. The standard InChI is InChI=1S/C16H19NO/c1-11-12(2)16(18-3)8-7-14(11)9-13-5-4-6-15(17)10-13/h4-8,10H,9,17H2,1-3H3. The van der Waals surface area contributed by atoms with Crippen molar-refractivity contribution in [2.75, 3.05) is 12.8 Å². The van der Waals surface area contributed by atoms with Crippen molar-refractivity contribution < 1.29 is 4.74 Å². The molecule has 2 heteroatoms. The maximum absolute atomic E-state index is 5.81. The van der Waals surface area contributed by atoms with Crippen molar-refractivity contribution >= 4 is 5.69 Å². The minimum atomic E-state index is 0.815. The van der Waals surface area contributed by atoms with Crippen LogP contribution < -0.4 is 10.5 Å². The molecule has 2 aromatic rings. The van der Waals surface area contributed by atoms with Crippen LogP contribution in [0.5, 0.6) is 5.75 Å². The molecule has 18 heavy (non-hydrogen) atoms. The van der Waals surface area contributed by atoms with Gasteiger partial charge in [-0.25, -0.2) is 0 Å². The van der Waals surface area contributed by atoms with E-state index in [1.165, 1.54) is 22.3 Å². The van der Waals surface area contributed by atoms with Crippen LogP contribution in [0.15, 0.2) is 36.4 Å². The van der Waals surface area contributed by atoms with Crippen molar-refractivity contribution in [2.45, 2.75) is 20.3 Å². The molecule has 0 fully saturated rings. The molecule has 2 N–H and O–H groups in total. The Labute approximate surface area is 108 Å². The van der Waals surface area contributed by atoms with E-state index in [0.717, 1.165) is 17.9 Å². The fourth-order valence-corrected chi connectivity index (χ4v) is 2.19. The van der Waals surface area contributed by atoms with Gasteiger partial charge in [-0.1, -0.05) is 18.2 Å². The molecule has 0 unspecified atom stereocenters. The fraction of sp³-hybridized carbons (Fsp3) is 0.250. The Bertz CT molecular complexity index is 561. The molecule has 0 aliphatic heterocycles. The van der Waals surface area contributed by atoms with Gasteiger partial charge < -0.3 is 10.5 Å². The van der Waals surface area contributed by atoms with Gasteiger partial charge in [-0.2, -0.15) is 0 Å². The third-order valence-corrected chi connectivity index (χ3v) is 3.42. The van der Waals surface area contributed by atoms with Gasteiger partial charge in [0.1, 0.15) is 5.75 Å². The molecule has 0 saturated heterocycles. The Morgan fingerprint density at radius 1 is 1.06 bits per heavy atom. The summed E-state index contributed by atoms with van der Waals surface area (Å²) in [5, 5.41) is 0. The molecule has 0 aromatic heterocycles. The second kappa shape index (κ2) is 5.13. The average molecular weight is 241 g/mol. The molecule has 0 saturated carbocycles. The van der Waals surface area contributed by atoms with E-state index >= 15 is 0 Å². The molecule has 2 aromatic carbocycles. The number of hydrogen-bond acceptors (Lipinski definition) is 2. The summed E-state index contributed by atoms with van der Waals surface area (Å²) in [5.74, 6) is 0.948. The average Bonchev–Trinajstić information content (AvgIpc) is 2.35. The summed E-state index contributed by atoms with van der Waals surface area (Å²) in [6.07, 6.45) is 0.904. The number of nitrogens with two attached hydrogens (primary N) is 1. The number of methoxy groups -OCH3 is 1. The van der Waals surface area contributed by atoms with Gasteiger partial charge in [0.2, 0.25) is 0 Å². The predicted molar refractivity (Wildman–Crippen MR) is 76.1 cm³/mol. The molecular weight excluding hydrogens is 222 g/mol. The van der Waals surface area contributed by atoms with Crippen LogP contribution in [0.25, 0.3) is 0 Å². The summed E-state index contributed by atoms with van der Waals surface area (Å²) in [4.78, 5) is 0. The molecular formula is C16H19NO. The van der Waals surface area contributed by atoms with Crippen molar-refractivity contribution in [1.29, 1.82) is 0 Å². The van der Waals surface area contributed by atoms with Crippen LogP contribution in [0, 0.1) is 13.8 Å². The normalized spacial score (nSPS) is 10.4. The highest BCUT2D eigenvalue weighted by Gasteiger charge is 2.07. The Balaban J connectivity index is 2.33. The summed E-state index contributed by atoms with van der Waals surface area (Å²) < 4.78 is 5.33. The Morgan fingerprint density at radius 2 is 1.83 bits per heavy atom. The van der Waals surface area contributed by atoms with Crippen LogP contribution in [0.4, 0.5) is 5.69 Å². The Morgan fingerprint density at radius 3 is 2.50 bits per heavy atom. The molecule has 0 aliphatic rings. The van der Waals surface area contributed by atoms with E-state index in [1.807, 2.05) is 24.3 Å². The summed E-state index contributed by atoms with van der Waals surface area (Å²) in [6, 6.07) is 12.2. The van der Waals surface area contributed by atoms with Gasteiger partial charge in [0.25, 0.3) is 0 Å². The van der Waals surface area contributed by atoms with Crippen LogP contribution in [0.1, 0.15) is 22.3 Å². The maximum Gasteiger partial charge on any atom is 0.122 e. The minimum absolute atomic E-state index is 0.815. The first kappa shape index (κ1) is 12.5. The second-order valence-electron chi connectivity index (χ2n) is 4.60. The fourth-order valence-electron chi connectivity index (χ4n) is 2.19. The van der Waals surface area contributed by atoms with Crippen LogP contribution >= 0.6 is 0 Å². The van der Waals surface area contributed by atoms with E-state index in [1.54, 1.807) is 7.11 Å². The lowest BCUT2D eigenvalue weighted by atomic mass is 9.96. The predicted octanol–water partition coefficient (Wildman–Crippen LogP) is 3.49. The second-order valence-corrected chi connectivity index (χ2v) is 4.60. The molecule has 2 rings (SSSR count). The van der Waals surface area contributed by atoms with Crippen molar-refractivity contribution in [3.63, 3.8) is 0 Å². The number of hydrogen-bond donors (Lipinski definition) is 1. The molecule has 0 heterocycles. The Hall–Kier alpha value is -1.96. The first-order valence-corrected chi connectivity index (χ1v) is 6.09. The lowest BCUT2D eigenvalue weighted by molar-refractivity contribution is 0.411. The van der Waals surface area contributed by atoms with Crippen molar-refractivity contribution in [3.8, 4) is 5.75 Å². The zero-order valence-corrected chi connectivity index (χ0v) is 11.2. The highest BCUT2D eigenvalue weighted by molar-refractivity contribution is 5.47. The van der Waals surface area contributed by atoms with Crippen molar-refractivity contribution in [2.24, 2.45) is 0 Å². The van der Waals surface area contributed by atoms with Crippen molar-refractivity contribution in [1.82, 2.24) is 0 Å². The number of nitrogen functional groups attached to an aromatic ring is 1. The van der Waals surface area contributed by atoms with Crippen LogP contribution in [-0.4, -0.2) is 7.11 Å². The van der Waals surface area contributed by atoms with E-state index in [9.17, 15) is 0 Å². The van der Waals surface area contributed by atoms with Gasteiger partial charge in [-0.05, 0) is 60.7 Å². The largest absolute Gasteiger partial charge is 0.496 e.